The van der Waals surface area contributed by atoms with Crippen LogP contribution in [0.1, 0.15) is 60.0 Å². The summed E-state index contributed by atoms with van der Waals surface area (Å²) in [6, 6.07) is 5.19. The number of carbonyl (C=O) groups excluding carboxylic acids is 1. The first-order valence-electron chi connectivity index (χ1n) is 8.06. The Labute approximate surface area is 131 Å². The number of nitrogens with one attached hydrogen (secondary N) is 1. The zero-order chi connectivity index (χ0) is 16.1. The van der Waals surface area contributed by atoms with E-state index >= 15 is 0 Å². The van der Waals surface area contributed by atoms with Crippen LogP contribution in [-0.2, 0) is 4.79 Å². The molecule has 2 rings (SSSR count). The Balaban J connectivity index is 2.13. The second-order valence-corrected chi connectivity index (χ2v) is 6.32. The lowest BCUT2D eigenvalue weighted by atomic mass is 9.92. The molecule has 0 spiro atoms. The summed E-state index contributed by atoms with van der Waals surface area (Å²) in [5.41, 5.74) is 2.78. The minimum absolute atomic E-state index is 0.115. The van der Waals surface area contributed by atoms with E-state index in [-0.39, 0.29) is 18.2 Å². The highest BCUT2D eigenvalue weighted by Gasteiger charge is 2.26. The van der Waals surface area contributed by atoms with Crippen LogP contribution < -0.4 is 5.32 Å². The van der Waals surface area contributed by atoms with Crippen LogP contribution >= 0.6 is 0 Å². The normalized spacial score (nSPS) is 17.2. The largest absolute Gasteiger partial charge is 0.481 e. The van der Waals surface area contributed by atoms with Gasteiger partial charge in [-0.1, -0.05) is 31.4 Å². The fourth-order valence-corrected chi connectivity index (χ4v) is 3.05. The Morgan fingerprint density at radius 1 is 1.18 bits per heavy atom. The summed E-state index contributed by atoms with van der Waals surface area (Å²) in [5.74, 6) is -1.05. The third-order valence-corrected chi connectivity index (χ3v) is 4.53. The van der Waals surface area contributed by atoms with Crippen molar-refractivity contribution in [1.29, 1.82) is 0 Å². The predicted molar refractivity (Wildman–Crippen MR) is 86.3 cm³/mol. The molecule has 2 N–H and O–H groups in total. The van der Waals surface area contributed by atoms with Crippen molar-refractivity contribution in [3.05, 3.63) is 34.9 Å². The molecule has 1 aromatic carbocycles. The molecule has 4 nitrogen and oxygen atoms in total. The van der Waals surface area contributed by atoms with Gasteiger partial charge in [-0.25, -0.2) is 0 Å². The topological polar surface area (TPSA) is 66.4 Å². The van der Waals surface area contributed by atoms with Crippen molar-refractivity contribution < 1.29 is 14.7 Å². The molecule has 4 heteroatoms. The van der Waals surface area contributed by atoms with Gasteiger partial charge in [-0.3, -0.25) is 9.59 Å². The van der Waals surface area contributed by atoms with Gasteiger partial charge in [0.25, 0.3) is 0 Å². The maximum Gasteiger partial charge on any atom is 0.305 e. The van der Waals surface area contributed by atoms with Gasteiger partial charge < -0.3 is 10.4 Å². The average Bonchev–Trinajstić information content (AvgIpc) is 2.49. The summed E-state index contributed by atoms with van der Waals surface area (Å²) in [6.45, 7) is 3.96. The number of benzene rings is 1. The quantitative estimate of drug-likeness (QED) is 0.792. The van der Waals surface area contributed by atoms with E-state index < -0.39 is 12.0 Å². The summed E-state index contributed by atoms with van der Waals surface area (Å²) in [6.07, 6.45) is 5.41. The lowest BCUT2D eigenvalue weighted by Gasteiger charge is -2.27. The summed E-state index contributed by atoms with van der Waals surface area (Å²) in [5, 5.41) is 12.4. The highest BCUT2D eigenvalue weighted by atomic mass is 16.4. The van der Waals surface area contributed by atoms with E-state index in [4.69, 9.17) is 5.11 Å². The predicted octanol–water partition coefficient (Wildman–Crippen LogP) is 3.25. The second kappa shape index (κ2) is 7.54. The van der Waals surface area contributed by atoms with Crippen molar-refractivity contribution in [3.8, 4) is 0 Å². The highest BCUT2D eigenvalue weighted by molar-refractivity contribution is 6.01. The minimum atomic E-state index is -0.939. The highest BCUT2D eigenvalue weighted by Crippen LogP contribution is 2.20. The number of aryl methyl sites for hydroxylation is 2. The van der Waals surface area contributed by atoms with Gasteiger partial charge in [-0.15, -0.1) is 0 Å². The molecule has 1 saturated carbocycles. The number of hydrogen-bond acceptors (Lipinski definition) is 3. The van der Waals surface area contributed by atoms with Gasteiger partial charge in [0.2, 0.25) is 0 Å². The third kappa shape index (κ3) is 4.41. The van der Waals surface area contributed by atoms with Crippen LogP contribution in [0, 0.1) is 13.8 Å². The standard InChI is InChI=1S/C18H25NO3/c1-12-8-9-14(10-13(12)2)18(22)16(11-17(20)21)19-15-6-4-3-5-7-15/h8-10,15-16,19H,3-7,11H2,1-2H3,(H,20,21). The van der Waals surface area contributed by atoms with E-state index in [2.05, 4.69) is 5.32 Å². The van der Waals surface area contributed by atoms with E-state index in [1.807, 2.05) is 26.0 Å². The van der Waals surface area contributed by atoms with E-state index in [0.29, 0.717) is 5.56 Å². The Kier molecular flexibility index (Phi) is 5.72. The molecule has 0 bridgehead atoms. The maximum atomic E-state index is 12.7. The number of ketones is 1. The maximum absolute atomic E-state index is 12.7. The minimum Gasteiger partial charge on any atom is -0.481 e. The van der Waals surface area contributed by atoms with Gasteiger partial charge in [-0.2, -0.15) is 0 Å². The number of carbonyl (C=O) groups is 2. The van der Waals surface area contributed by atoms with Crippen molar-refractivity contribution in [2.75, 3.05) is 0 Å². The summed E-state index contributed by atoms with van der Waals surface area (Å²) in [7, 11) is 0. The van der Waals surface area contributed by atoms with Gasteiger partial charge in [-0.05, 0) is 43.9 Å². The van der Waals surface area contributed by atoms with Gasteiger partial charge in [0, 0.05) is 11.6 Å². The van der Waals surface area contributed by atoms with Gasteiger partial charge >= 0.3 is 5.97 Å². The summed E-state index contributed by atoms with van der Waals surface area (Å²) < 4.78 is 0. The molecular weight excluding hydrogens is 278 g/mol. The Morgan fingerprint density at radius 2 is 1.86 bits per heavy atom. The van der Waals surface area contributed by atoms with Crippen LogP contribution in [0.2, 0.25) is 0 Å². The zero-order valence-corrected chi connectivity index (χ0v) is 13.4. The number of hydrogen-bond donors (Lipinski definition) is 2. The molecule has 0 saturated heterocycles. The molecule has 120 valence electrons. The Morgan fingerprint density at radius 3 is 2.45 bits per heavy atom. The van der Waals surface area contributed by atoms with Crippen LogP contribution in [0.15, 0.2) is 18.2 Å². The Bertz CT molecular complexity index is 547. The van der Waals surface area contributed by atoms with Gasteiger partial charge in [0.1, 0.15) is 0 Å². The van der Waals surface area contributed by atoms with Gasteiger partial charge in [0.15, 0.2) is 5.78 Å². The molecule has 1 aromatic rings. The molecule has 0 amide bonds. The van der Waals surface area contributed by atoms with E-state index in [0.717, 1.165) is 36.8 Å². The molecule has 1 aliphatic carbocycles. The van der Waals surface area contributed by atoms with Crippen LogP contribution in [-0.4, -0.2) is 28.9 Å². The van der Waals surface area contributed by atoms with Crippen LogP contribution in [0.3, 0.4) is 0 Å². The average molecular weight is 303 g/mol. The number of carboxylic acids is 1. The van der Waals surface area contributed by atoms with Crippen LogP contribution in [0.4, 0.5) is 0 Å². The van der Waals surface area contributed by atoms with Crippen LogP contribution in [0.25, 0.3) is 0 Å². The van der Waals surface area contributed by atoms with Crippen molar-refractivity contribution in [2.45, 2.75) is 64.5 Å². The Hall–Kier alpha value is -1.68. The first kappa shape index (κ1) is 16.7. The van der Waals surface area contributed by atoms with E-state index in [9.17, 15) is 9.59 Å². The third-order valence-electron chi connectivity index (χ3n) is 4.53. The summed E-state index contributed by atoms with van der Waals surface area (Å²) >= 11 is 0. The number of carboxylic acid groups (broad SMARTS) is 1. The molecule has 1 unspecified atom stereocenters. The molecule has 0 heterocycles. The van der Waals surface area contributed by atoms with Crippen molar-refractivity contribution in [3.63, 3.8) is 0 Å². The number of rotatable bonds is 6. The summed E-state index contributed by atoms with van der Waals surface area (Å²) in [4.78, 5) is 23.8. The van der Waals surface area contributed by atoms with Crippen molar-refractivity contribution in [2.24, 2.45) is 0 Å². The molecule has 1 aliphatic rings. The molecular formula is C18H25NO3. The fourth-order valence-electron chi connectivity index (χ4n) is 3.05. The molecule has 0 radical (unpaired) electrons. The molecule has 0 aliphatic heterocycles. The monoisotopic (exact) mass is 303 g/mol. The van der Waals surface area contributed by atoms with Crippen molar-refractivity contribution in [1.82, 2.24) is 5.32 Å². The molecule has 1 fully saturated rings. The number of aliphatic carboxylic acids is 1. The lowest BCUT2D eigenvalue weighted by molar-refractivity contribution is -0.137. The second-order valence-electron chi connectivity index (χ2n) is 6.32. The smallest absolute Gasteiger partial charge is 0.305 e. The fraction of sp³-hybridized carbons (Fsp3) is 0.556. The molecule has 22 heavy (non-hydrogen) atoms. The van der Waals surface area contributed by atoms with Crippen LogP contribution in [0.5, 0.6) is 0 Å². The zero-order valence-electron chi connectivity index (χ0n) is 13.4. The van der Waals surface area contributed by atoms with Crippen molar-refractivity contribution >= 4 is 11.8 Å². The van der Waals surface area contributed by atoms with E-state index in [1.165, 1.54) is 6.42 Å². The first-order valence-corrected chi connectivity index (χ1v) is 8.06. The van der Waals surface area contributed by atoms with Gasteiger partial charge in [0.05, 0.1) is 12.5 Å². The molecule has 0 aromatic heterocycles. The molecule has 1 atom stereocenters. The SMILES string of the molecule is Cc1ccc(C(=O)C(CC(=O)O)NC2CCCCC2)cc1C. The number of Topliss-reactive ketones (excluding diaryl/α,β-unsaturated/α-hetero) is 1. The van der Waals surface area contributed by atoms with E-state index in [1.54, 1.807) is 6.07 Å². The lowest BCUT2D eigenvalue weighted by Crippen LogP contribution is -2.45. The first-order chi connectivity index (χ1) is 10.5.